The fraction of sp³-hybridized carbons (Fsp3) is 0.500. The van der Waals surface area contributed by atoms with Crippen molar-refractivity contribution in [3.63, 3.8) is 0 Å². The number of pyridine rings is 1. The molecular weight excluding hydrogens is 224 g/mol. The van der Waals surface area contributed by atoms with Gasteiger partial charge in [0, 0.05) is 25.0 Å². The molecule has 0 aliphatic rings. The molecule has 1 rings (SSSR count). The minimum Gasteiger partial charge on any atom is -0.337 e. The first-order valence-electron chi connectivity index (χ1n) is 5.28. The van der Waals surface area contributed by atoms with Gasteiger partial charge < -0.3 is 4.90 Å². The molecule has 0 aliphatic heterocycles. The summed E-state index contributed by atoms with van der Waals surface area (Å²) < 4.78 is 0. The fourth-order valence-corrected chi connectivity index (χ4v) is 1.41. The molecule has 0 aliphatic carbocycles. The van der Waals surface area contributed by atoms with Crippen LogP contribution < -0.4 is 0 Å². The second kappa shape index (κ2) is 4.83. The molecule has 1 heterocycles. The first-order valence-corrected chi connectivity index (χ1v) is 5.65. The van der Waals surface area contributed by atoms with Gasteiger partial charge >= 0.3 is 0 Å². The molecule has 0 atom stereocenters. The smallest absolute Gasteiger partial charge is 0.257 e. The normalized spacial score (nSPS) is 11.3. The highest BCUT2D eigenvalue weighted by atomic mass is 35.5. The Kier molecular flexibility index (Phi) is 3.92. The first kappa shape index (κ1) is 13.0. The molecule has 0 unspecified atom stereocenters. The number of aromatic nitrogens is 1. The Labute approximate surface area is 101 Å². The van der Waals surface area contributed by atoms with Gasteiger partial charge in [-0.05, 0) is 26.3 Å². The highest BCUT2D eigenvalue weighted by Crippen LogP contribution is 2.22. The van der Waals surface area contributed by atoms with Gasteiger partial charge in [0.1, 0.15) is 0 Å². The topological polar surface area (TPSA) is 33.2 Å². The van der Waals surface area contributed by atoms with Gasteiger partial charge in [0.05, 0.1) is 10.6 Å². The van der Waals surface area contributed by atoms with Crippen LogP contribution in [0.5, 0.6) is 0 Å². The zero-order valence-electron chi connectivity index (χ0n) is 10.1. The molecule has 4 heteroatoms. The summed E-state index contributed by atoms with van der Waals surface area (Å²) in [5.74, 6) is -0.0926. The summed E-state index contributed by atoms with van der Waals surface area (Å²) in [6.07, 6.45) is 3.96. The minimum absolute atomic E-state index is 0.0926. The summed E-state index contributed by atoms with van der Waals surface area (Å²) >= 11 is 5.97. The molecule has 0 saturated heterocycles. The van der Waals surface area contributed by atoms with Crippen LogP contribution >= 0.6 is 11.6 Å². The Morgan fingerprint density at radius 3 is 2.69 bits per heavy atom. The fourth-order valence-electron chi connectivity index (χ4n) is 1.23. The van der Waals surface area contributed by atoms with E-state index in [0.29, 0.717) is 10.6 Å². The third-order valence-electron chi connectivity index (χ3n) is 3.08. The van der Waals surface area contributed by atoms with Crippen molar-refractivity contribution in [2.45, 2.75) is 32.7 Å². The van der Waals surface area contributed by atoms with E-state index in [0.717, 1.165) is 6.42 Å². The average Bonchev–Trinajstić information content (AvgIpc) is 2.27. The second-order valence-corrected chi connectivity index (χ2v) is 4.79. The van der Waals surface area contributed by atoms with E-state index in [4.69, 9.17) is 11.6 Å². The number of nitrogens with zero attached hydrogens (tertiary/aromatic N) is 2. The Bertz CT molecular complexity index is 390. The van der Waals surface area contributed by atoms with Crippen LogP contribution in [0.25, 0.3) is 0 Å². The van der Waals surface area contributed by atoms with Gasteiger partial charge in [0.2, 0.25) is 0 Å². The molecule has 1 aromatic rings. The molecule has 0 aromatic carbocycles. The van der Waals surface area contributed by atoms with E-state index in [9.17, 15) is 4.79 Å². The molecule has 3 nitrogen and oxygen atoms in total. The van der Waals surface area contributed by atoms with Crippen molar-refractivity contribution in [2.75, 3.05) is 7.05 Å². The Balaban J connectivity index is 3.00. The molecule has 16 heavy (non-hydrogen) atoms. The maximum atomic E-state index is 12.2. The van der Waals surface area contributed by atoms with Crippen molar-refractivity contribution in [1.82, 2.24) is 9.88 Å². The molecule has 1 aromatic heterocycles. The van der Waals surface area contributed by atoms with Gasteiger partial charge in [-0.2, -0.15) is 0 Å². The zero-order chi connectivity index (χ0) is 12.3. The third-order valence-corrected chi connectivity index (χ3v) is 3.41. The number of carbonyl (C=O) groups is 1. The summed E-state index contributed by atoms with van der Waals surface area (Å²) in [4.78, 5) is 17.8. The molecule has 0 N–H and O–H groups in total. The van der Waals surface area contributed by atoms with Crippen LogP contribution in [-0.2, 0) is 0 Å². The van der Waals surface area contributed by atoms with Crippen LogP contribution in [0.3, 0.4) is 0 Å². The van der Waals surface area contributed by atoms with E-state index in [1.165, 1.54) is 6.20 Å². The summed E-state index contributed by atoms with van der Waals surface area (Å²) in [6.45, 7) is 6.10. The number of halogens is 1. The number of hydrogen-bond acceptors (Lipinski definition) is 2. The zero-order valence-corrected chi connectivity index (χ0v) is 10.9. The van der Waals surface area contributed by atoms with Crippen molar-refractivity contribution in [1.29, 1.82) is 0 Å². The standard InChI is InChI=1S/C12H17ClN2O/c1-5-12(2,3)15(4)11(16)9-8-14-7-6-10(9)13/h6-8H,5H2,1-4H3. The lowest BCUT2D eigenvalue weighted by atomic mass is 9.99. The predicted octanol–water partition coefficient (Wildman–Crippen LogP) is 3.00. The van der Waals surface area contributed by atoms with Crippen LogP contribution in [0.15, 0.2) is 18.5 Å². The van der Waals surface area contributed by atoms with Gasteiger partial charge in [-0.25, -0.2) is 0 Å². The summed E-state index contributed by atoms with van der Waals surface area (Å²) in [5, 5.41) is 0.443. The number of carbonyl (C=O) groups excluding carboxylic acids is 1. The van der Waals surface area contributed by atoms with Crippen LogP contribution in [0.2, 0.25) is 5.02 Å². The minimum atomic E-state index is -0.184. The molecular formula is C12H17ClN2O. The highest BCUT2D eigenvalue weighted by Gasteiger charge is 2.27. The monoisotopic (exact) mass is 240 g/mol. The molecule has 0 radical (unpaired) electrons. The SMILES string of the molecule is CCC(C)(C)N(C)C(=O)c1cnccc1Cl. The van der Waals surface area contributed by atoms with Crippen molar-refractivity contribution < 1.29 is 4.79 Å². The molecule has 0 bridgehead atoms. The Morgan fingerprint density at radius 1 is 1.56 bits per heavy atom. The predicted molar refractivity (Wildman–Crippen MR) is 65.7 cm³/mol. The van der Waals surface area contributed by atoms with E-state index in [2.05, 4.69) is 11.9 Å². The molecule has 0 saturated carbocycles. The van der Waals surface area contributed by atoms with E-state index in [-0.39, 0.29) is 11.4 Å². The van der Waals surface area contributed by atoms with Crippen LogP contribution in [0.4, 0.5) is 0 Å². The third kappa shape index (κ3) is 2.53. The van der Waals surface area contributed by atoms with Crippen LogP contribution in [0, 0.1) is 0 Å². The van der Waals surface area contributed by atoms with Crippen molar-refractivity contribution >= 4 is 17.5 Å². The van der Waals surface area contributed by atoms with E-state index in [1.54, 1.807) is 24.2 Å². The molecule has 0 spiro atoms. The van der Waals surface area contributed by atoms with Gasteiger partial charge in [0.25, 0.3) is 5.91 Å². The number of rotatable bonds is 3. The second-order valence-electron chi connectivity index (χ2n) is 4.39. The Hall–Kier alpha value is -1.09. The largest absolute Gasteiger partial charge is 0.337 e. The first-order chi connectivity index (χ1) is 7.40. The van der Waals surface area contributed by atoms with Crippen molar-refractivity contribution in [2.24, 2.45) is 0 Å². The van der Waals surface area contributed by atoms with Crippen molar-refractivity contribution in [3.05, 3.63) is 29.0 Å². The van der Waals surface area contributed by atoms with Crippen LogP contribution in [-0.4, -0.2) is 28.4 Å². The van der Waals surface area contributed by atoms with Gasteiger partial charge in [0.15, 0.2) is 0 Å². The molecule has 88 valence electrons. The van der Waals surface area contributed by atoms with E-state index in [1.807, 2.05) is 13.8 Å². The summed E-state index contributed by atoms with van der Waals surface area (Å²) in [6, 6.07) is 1.63. The van der Waals surface area contributed by atoms with Gasteiger partial charge in [-0.1, -0.05) is 18.5 Å². The lowest BCUT2D eigenvalue weighted by Gasteiger charge is -2.35. The average molecular weight is 241 g/mol. The van der Waals surface area contributed by atoms with Crippen molar-refractivity contribution in [3.8, 4) is 0 Å². The van der Waals surface area contributed by atoms with E-state index >= 15 is 0 Å². The lowest BCUT2D eigenvalue weighted by Crippen LogP contribution is -2.44. The number of hydrogen-bond donors (Lipinski definition) is 0. The van der Waals surface area contributed by atoms with E-state index < -0.39 is 0 Å². The quantitative estimate of drug-likeness (QED) is 0.814. The summed E-state index contributed by atoms with van der Waals surface area (Å²) in [7, 11) is 1.79. The Morgan fingerprint density at radius 2 is 2.19 bits per heavy atom. The lowest BCUT2D eigenvalue weighted by molar-refractivity contribution is 0.0620. The summed E-state index contributed by atoms with van der Waals surface area (Å²) in [5.41, 5.74) is 0.268. The van der Waals surface area contributed by atoms with Gasteiger partial charge in [-0.15, -0.1) is 0 Å². The molecule has 0 fully saturated rings. The van der Waals surface area contributed by atoms with Gasteiger partial charge in [-0.3, -0.25) is 9.78 Å². The van der Waals surface area contributed by atoms with Crippen LogP contribution in [0.1, 0.15) is 37.6 Å². The maximum absolute atomic E-state index is 12.2. The number of amides is 1. The maximum Gasteiger partial charge on any atom is 0.257 e. The molecule has 1 amide bonds. The highest BCUT2D eigenvalue weighted by molar-refractivity contribution is 6.33.